The van der Waals surface area contributed by atoms with Gasteiger partial charge in [0, 0.05) is 45.0 Å². The van der Waals surface area contributed by atoms with Crippen LogP contribution in [0.3, 0.4) is 0 Å². The lowest BCUT2D eigenvalue weighted by Gasteiger charge is -2.46. The maximum Gasteiger partial charge on any atom is 0.252 e. The van der Waals surface area contributed by atoms with Crippen LogP contribution in [0.2, 0.25) is 0 Å². The van der Waals surface area contributed by atoms with Crippen LogP contribution in [0.1, 0.15) is 117 Å². The van der Waals surface area contributed by atoms with E-state index in [1.54, 1.807) is 0 Å². The van der Waals surface area contributed by atoms with Crippen molar-refractivity contribution in [2.24, 2.45) is 0 Å². The van der Waals surface area contributed by atoms with Crippen molar-refractivity contribution in [1.29, 1.82) is 0 Å². The van der Waals surface area contributed by atoms with Crippen LogP contribution >= 0.6 is 0 Å². The second-order valence-electron chi connectivity index (χ2n) is 26.5. The summed E-state index contributed by atoms with van der Waals surface area (Å²) in [5.41, 5.74) is 22.2. The van der Waals surface area contributed by atoms with E-state index in [0.717, 1.165) is 117 Å². The highest BCUT2D eigenvalue weighted by atomic mass is 15.2. The van der Waals surface area contributed by atoms with Crippen molar-refractivity contribution in [2.45, 2.75) is 91.9 Å². The van der Waals surface area contributed by atoms with Gasteiger partial charge < -0.3 is 9.80 Å². The molecular formula is C86H77BN2. The molecule has 0 fully saturated rings. The standard InChI is InChI=1S/C86H77BN2/c1-56(2)64-41-44-70(71(47-64)57(3)4)67-50-80-82-81(51-67)89(84-74(62-37-25-15-26-38-62)54-69(86(8,9)10)55-75(84)63-39-27-16-28-40-63)79-46-43-66(59-31-19-12-20-32-59)49-77(79)87(82)76-48-65(58-29-17-11-18-30-58)42-45-78(76)88(80)83-72(60-33-21-13-22-34-60)52-68(85(5,6)7)53-73(83)61-35-23-14-24-36-61/h11-57H,1-10H3/i11D,12D,17D,18D,19D,20D,29D,30D,31D,32D. The summed E-state index contributed by atoms with van der Waals surface area (Å²) in [6.45, 7) is 21.7. The Morgan fingerprint density at radius 3 is 1.03 bits per heavy atom. The summed E-state index contributed by atoms with van der Waals surface area (Å²) in [7, 11) is 0. The van der Waals surface area contributed by atoms with Crippen molar-refractivity contribution in [3.8, 4) is 77.9 Å². The second kappa shape index (κ2) is 22.8. The molecule has 434 valence electrons. The fourth-order valence-electron chi connectivity index (χ4n) is 13.4. The minimum atomic E-state index is -0.743. The molecule has 0 bridgehead atoms. The molecule has 0 aliphatic carbocycles. The quantitative estimate of drug-likeness (QED) is 0.119. The summed E-state index contributed by atoms with van der Waals surface area (Å²) in [6, 6.07) is 70.9. The fraction of sp³-hybridized carbons (Fsp3) is 0.163. The SMILES string of the molecule is [2H]c1c([2H])c([2H])c(-c2ccc3c(c2)B2c4cc(-c5c([2H])c([2H])c([2H])c([2H])c5[2H])ccc4N(c4c(-c5ccccc5)cc(C(C)(C)C)cc4-c4ccccc4)c4cc(-c5ccc(C(C)C)cc5C(C)C)cc(c42)N3c2c(-c3ccccc3)cc(C(C)(C)C)cc2-c2ccccc2)c([2H])c1[2H]. The molecular weight excluding hydrogens is 1070 g/mol. The lowest BCUT2D eigenvalue weighted by molar-refractivity contribution is 0.590. The van der Waals surface area contributed by atoms with E-state index in [0.29, 0.717) is 11.1 Å². The minimum Gasteiger partial charge on any atom is -0.310 e. The number of benzene rings is 12. The van der Waals surface area contributed by atoms with Gasteiger partial charge in [0.1, 0.15) is 0 Å². The van der Waals surface area contributed by atoms with E-state index in [9.17, 15) is 5.48 Å². The summed E-state index contributed by atoms with van der Waals surface area (Å²) >= 11 is 0. The average molecular weight is 1160 g/mol. The van der Waals surface area contributed by atoms with Gasteiger partial charge >= 0.3 is 0 Å². The molecule has 0 unspecified atom stereocenters. The maximum atomic E-state index is 9.57. The molecule has 2 heterocycles. The van der Waals surface area contributed by atoms with E-state index in [1.807, 2.05) is 48.5 Å². The molecule has 0 spiro atoms. The number of fused-ring (bicyclic) bond motifs is 4. The number of nitrogens with zero attached hydrogens (tertiary/aromatic N) is 2. The molecule has 3 heteroatoms. The van der Waals surface area contributed by atoms with Gasteiger partial charge in [-0.05, 0) is 165 Å². The molecule has 89 heavy (non-hydrogen) atoms. The van der Waals surface area contributed by atoms with Gasteiger partial charge in [0.2, 0.25) is 0 Å². The average Bonchev–Trinajstić information content (AvgIpc) is 0.686. The van der Waals surface area contributed by atoms with Crippen LogP contribution in [-0.2, 0) is 10.8 Å². The summed E-state index contributed by atoms with van der Waals surface area (Å²) in [4.78, 5) is 4.85. The van der Waals surface area contributed by atoms with Gasteiger partial charge in [0.05, 0.1) is 25.1 Å². The highest BCUT2D eigenvalue weighted by molar-refractivity contribution is 7.00. The normalized spacial score (nSPS) is 14.3. The molecule has 14 rings (SSSR count). The first-order chi connectivity index (χ1) is 47.2. The summed E-state index contributed by atoms with van der Waals surface area (Å²) in [5.74, 6) is 0.361. The first-order valence-corrected chi connectivity index (χ1v) is 31.2. The summed E-state index contributed by atoms with van der Waals surface area (Å²) < 4.78 is 92.1. The Labute approximate surface area is 543 Å². The maximum absolute atomic E-state index is 9.57. The second-order valence-corrected chi connectivity index (χ2v) is 26.5. The molecule has 2 nitrogen and oxygen atoms in total. The first-order valence-electron chi connectivity index (χ1n) is 36.2. The summed E-state index contributed by atoms with van der Waals surface area (Å²) in [6.07, 6.45) is 0. The molecule has 2 aliphatic rings. The van der Waals surface area contributed by atoms with Gasteiger partial charge in [0.15, 0.2) is 0 Å². The zero-order valence-electron chi connectivity index (χ0n) is 62.3. The van der Waals surface area contributed by atoms with Gasteiger partial charge in [-0.2, -0.15) is 0 Å². The van der Waals surface area contributed by atoms with E-state index < -0.39 is 43.0 Å². The molecule has 0 saturated heterocycles. The smallest absolute Gasteiger partial charge is 0.252 e. The molecule has 12 aromatic carbocycles. The minimum absolute atomic E-state index is 0.0525. The number of anilines is 6. The van der Waals surface area contributed by atoms with Gasteiger partial charge in [-0.1, -0.05) is 293 Å². The van der Waals surface area contributed by atoms with Gasteiger partial charge in [-0.3, -0.25) is 0 Å². The van der Waals surface area contributed by atoms with E-state index >= 15 is 0 Å². The van der Waals surface area contributed by atoms with E-state index in [-0.39, 0.29) is 58.0 Å². The van der Waals surface area contributed by atoms with Crippen molar-refractivity contribution >= 4 is 57.2 Å². The molecule has 0 aromatic heterocycles. The Hall–Kier alpha value is -9.70. The lowest BCUT2D eigenvalue weighted by atomic mass is 9.33. The topological polar surface area (TPSA) is 6.48 Å². The van der Waals surface area contributed by atoms with E-state index in [2.05, 4.69) is 243 Å². The van der Waals surface area contributed by atoms with Crippen molar-refractivity contribution in [3.05, 3.63) is 295 Å². The van der Waals surface area contributed by atoms with Gasteiger partial charge in [-0.25, -0.2) is 0 Å². The first kappa shape index (κ1) is 46.5. The van der Waals surface area contributed by atoms with Crippen LogP contribution in [-0.4, -0.2) is 6.71 Å². The van der Waals surface area contributed by atoms with Crippen LogP contribution in [0, 0.1) is 0 Å². The molecule has 12 aromatic rings. The largest absolute Gasteiger partial charge is 0.310 e. The number of hydrogen-bond acceptors (Lipinski definition) is 2. The summed E-state index contributed by atoms with van der Waals surface area (Å²) in [5, 5.41) is 0. The highest BCUT2D eigenvalue weighted by Crippen LogP contribution is 2.55. The van der Waals surface area contributed by atoms with Crippen LogP contribution < -0.4 is 26.2 Å². The molecule has 0 amide bonds. The van der Waals surface area contributed by atoms with E-state index in [1.165, 1.54) is 11.1 Å². The molecule has 0 atom stereocenters. The predicted molar refractivity (Wildman–Crippen MR) is 384 cm³/mol. The highest BCUT2D eigenvalue weighted by Gasteiger charge is 2.46. The number of hydrogen-bond donors (Lipinski definition) is 0. The zero-order chi connectivity index (χ0) is 70.0. The Morgan fingerprint density at radius 2 is 0.697 bits per heavy atom. The van der Waals surface area contributed by atoms with Gasteiger partial charge in [0.25, 0.3) is 6.71 Å². The third-order valence-corrected chi connectivity index (χ3v) is 18.1. The Balaban J connectivity index is 1.25. The van der Waals surface area contributed by atoms with Crippen molar-refractivity contribution < 1.29 is 13.7 Å². The molecule has 2 aliphatic heterocycles. The number of rotatable bonds is 11. The third-order valence-electron chi connectivity index (χ3n) is 18.1. The molecule has 0 saturated carbocycles. The van der Waals surface area contributed by atoms with E-state index in [4.69, 9.17) is 8.22 Å². The van der Waals surface area contributed by atoms with Crippen LogP contribution in [0.4, 0.5) is 34.1 Å². The Kier molecular flexibility index (Phi) is 11.9. The predicted octanol–water partition coefficient (Wildman–Crippen LogP) is 22.3. The van der Waals surface area contributed by atoms with Crippen LogP contribution in [0.25, 0.3) is 77.9 Å². The fourth-order valence-corrected chi connectivity index (χ4v) is 13.4. The van der Waals surface area contributed by atoms with Crippen LogP contribution in [0.15, 0.2) is 273 Å². The monoisotopic (exact) mass is 1160 g/mol. The molecule has 0 N–H and O–H groups in total. The van der Waals surface area contributed by atoms with Crippen molar-refractivity contribution in [1.82, 2.24) is 0 Å². The van der Waals surface area contributed by atoms with Crippen molar-refractivity contribution in [2.75, 3.05) is 9.80 Å². The van der Waals surface area contributed by atoms with Crippen molar-refractivity contribution in [3.63, 3.8) is 0 Å². The lowest BCUT2D eigenvalue weighted by Crippen LogP contribution is -2.61. The Bertz CT molecular complexity index is 4760. The third kappa shape index (κ3) is 10.4. The van der Waals surface area contributed by atoms with Crippen LogP contribution in [0.5, 0.6) is 0 Å². The molecule has 0 radical (unpaired) electrons. The van der Waals surface area contributed by atoms with Gasteiger partial charge in [-0.15, -0.1) is 0 Å². The Morgan fingerprint density at radius 1 is 0.326 bits per heavy atom. The zero-order valence-corrected chi connectivity index (χ0v) is 52.3.